The number of hydrogen-bond donors (Lipinski definition) is 1. The maximum atomic E-state index is 12.3. The number of amides is 2. The van der Waals surface area contributed by atoms with Gasteiger partial charge < -0.3 is 15.0 Å². The van der Waals surface area contributed by atoms with Crippen LogP contribution in [0.1, 0.15) is 42.2 Å². The van der Waals surface area contributed by atoms with Crippen molar-refractivity contribution in [3.05, 3.63) is 65.7 Å². The van der Waals surface area contributed by atoms with Gasteiger partial charge in [0.1, 0.15) is 0 Å². The summed E-state index contributed by atoms with van der Waals surface area (Å²) in [5, 5.41) is 2.94. The lowest BCUT2D eigenvalue weighted by Crippen LogP contribution is -2.34. The Morgan fingerprint density at radius 3 is 2.22 bits per heavy atom. The highest BCUT2D eigenvalue weighted by atomic mass is 16.5. The third-order valence-corrected chi connectivity index (χ3v) is 4.22. The molecular formula is C21H24N2O4. The molecule has 2 aromatic carbocycles. The van der Waals surface area contributed by atoms with Crippen LogP contribution >= 0.6 is 0 Å². The van der Waals surface area contributed by atoms with Gasteiger partial charge >= 0.3 is 5.97 Å². The summed E-state index contributed by atoms with van der Waals surface area (Å²) in [6.45, 7) is 3.61. The van der Waals surface area contributed by atoms with Gasteiger partial charge in [0, 0.05) is 25.6 Å². The van der Waals surface area contributed by atoms with Crippen LogP contribution in [0.15, 0.2) is 54.6 Å². The summed E-state index contributed by atoms with van der Waals surface area (Å²) in [6.07, 6.45) is 0.176. The van der Waals surface area contributed by atoms with Gasteiger partial charge in [0.15, 0.2) is 0 Å². The van der Waals surface area contributed by atoms with E-state index in [1.165, 1.54) is 18.9 Å². The zero-order valence-corrected chi connectivity index (χ0v) is 15.8. The first-order valence-electron chi connectivity index (χ1n) is 8.73. The maximum Gasteiger partial charge on any atom is 0.337 e. The molecule has 0 saturated carbocycles. The summed E-state index contributed by atoms with van der Waals surface area (Å²) in [6, 6.07) is 16.1. The molecule has 0 spiro atoms. The smallest absolute Gasteiger partial charge is 0.337 e. The minimum absolute atomic E-state index is 0.108. The van der Waals surface area contributed by atoms with E-state index in [1.807, 2.05) is 37.3 Å². The number of carbonyl (C=O) groups is 3. The lowest BCUT2D eigenvalue weighted by Gasteiger charge is -2.22. The molecule has 142 valence electrons. The number of nitrogens with one attached hydrogen (secondary N) is 1. The molecule has 0 radical (unpaired) electrons. The van der Waals surface area contributed by atoms with E-state index in [4.69, 9.17) is 0 Å². The highest BCUT2D eigenvalue weighted by Crippen LogP contribution is 2.17. The fourth-order valence-corrected chi connectivity index (χ4v) is 2.72. The summed E-state index contributed by atoms with van der Waals surface area (Å²) in [5.41, 5.74) is 2.05. The number of benzene rings is 2. The Morgan fingerprint density at radius 1 is 1.04 bits per heavy atom. The highest BCUT2D eigenvalue weighted by Gasteiger charge is 2.16. The molecule has 2 amide bonds. The second-order valence-corrected chi connectivity index (χ2v) is 6.16. The fourth-order valence-electron chi connectivity index (χ4n) is 2.72. The van der Waals surface area contributed by atoms with Crippen LogP contribution in [0.25, 0.3) is 0 Å². The van der Waals surface area contributed by atoms with Crippen molar-refractivity contribution in [3.8, 4) is 0 Å². The van der Waals surface area contributed by atoms with Gasteiger partial charge in [-0.1, -0.05) is 30.3 Å². The zero-order chi connectivity index (χ0) is 19.8. The van der Waals surface area contributed by atoms with Gasteiger partial charge in [-0.15, -0.1) is 0 Å². The van der Waals surface area contributed by atoms with Crippen molar-refractivity contribution in [3.63, 3.8) is 0 Å². The third-order valence-electron chi connectivity index (χ3n) is 4.22. The molecule has 0 bridgehead atoms. The molecule has 27 heavy (non-hydrogen) atoms. The van der Waals surface area contributed by atoms with Crippen LogP contribution in [0.5, 0.6) is 0 Å². The van der Waals surface area contributed by atoms with Crippen molar-refractivity contribution >= 4 is 23.5 Å². The van der Waals surface area contributed by atoms with Crippen molar-refractivity contribution in [2.75, 3.05) is 18.6 Å². The van der Waals surface area contributed by atoms with E-state index in [2.05, 4.69) is 10.1 Å². The molecule has 0 aliphatic rings. The van der Waals surface area contributed by atoms with Crippen LogP contribution in [0.3, 0.4) is 0 Å². The Hall–Kier alpha value is -3.15. The normalized spacial score (nSPS) is 11.4. The standard InChI is InChI=1S/C21H24N2O4/c1-15(17-7-5-4-6-8-17)22-20(25)13-14-23(16(2)24)19-11-9-18(10-12-19)21(26)27-3/h4-12,15H,13-14H2,1-3H3,(H,22,25). The second-order valence-electron chi connectivity index (χ2n) is 6.16. The summed E-state index contributed by atoms with van der Waals surface area (Å²) < 4.78 is 4.66. The Morgan fingerprint density at radius 2 is 1.67 bits per heavy atom. The quantitative estimate of drug-likeness (QED) is 0.762. The number of carbonyl (C=O) groups excluding carboxylic acids is 3. The predicted octanol–water partition coefficient (Wildman–Crippen LogP) is 3.09. The predicted molar refractivity (Wildman–Crippen MR) is 103 cm³/mol. The number of methoxy groups -OCH3 is 1. The Labute approximate surface area is 159 Å². The van der Waals surface area contributed by atoms with Gasteiger partial charge in [0.25, 0.3) is 0 Å². The average molecular weight is 368 g/mol. The first-order chi connectivity index (χ1) is 12.9. The van der Waals surface area contributed by atoms with Crippen LogP contribution in [-0.4, -0.2) is 31.4 Å². The second kappa shape index (κ2) is 9.52. The Balaban J connectivity index is 1.97. The van der Waals surface area contributed by atoms with Crippen LogP contribution in [0.4, 0.5) is 5.69 Å². The molecule has 2 aromatic rings. The summed E-state index contributed by atoms with van der Waals surface area (Å²) >= 11 is 0. The van der Waals surface area contributed by atoms with Gasteiger partial charge in [-0.25, -0.2) is 4.79 Å². The van der Waals surface area contributed by atoms with E-state index >= 15 is 0 Å². The number of ether oxygens (including phenoxy) is 1. The van der Waals surface area contributed by atoms with E-state index in [9.17, 15) is 14.4 Å². The van der Waals surface area contributed by atoms with E-state index in [0.717, 1.165) is 5.56 Å². The molecule has 0 aromatic heterocycles. The van der Waals surface area contributed by atoms with E-state index in [0.29, 0.717) is 11.3 Å². The molecule has 1 N–H and O–H groups in total. The minimum atomic E-state index is -0.440. The molecule has 0 aliphatic carbocycles. The summed E-state index contributed by atoms with van der Waals surface area (Å²) in [5.74, 6) is -0.751. The largest absolute Gasteiger partial charge is 0.465 e. The Kier molecular flexibility index (Phi) is 7.11. The van der Waals surface area contributed by atoms with Crippen molar-refractivity contribution in [2.24, 2.45) is 0 Å². The van der Waals surface area contributed by atoms with Gasteiger partial charge in [-0.2, -0.15) is 0 Å². The SMILES string of the molecule is COC(=O)c1ccc(N(CCC(=O)NC(C)c2ccccc2)C(C)=O)cc1. The first-order valence-corrected chi connectivity index (χ1v) is 8.73. The van der Waals surface area contributed by atoms with Crippen molar-refractivity contribution in [1.82, 2.24) is 5.32 Å². The molecule has 1 unspecified atom stereocenters. The van der Waals surface area contributed by atoms with Gasteiger partial charge in [-0.3, -0.25) is 9.59 Å². The topological polar surface area (TPSA) is 75.7 Å². The van der Waals surface area contributed by atoms with E-state index in [1.54, 1.807) is 24.3 Å². The molecule has 0 fully saturated rings. The molecule has 0 aliphatic heterocycles. The molecule has 0 saturated heterocycles. The zero-order valence-electron chi connectivity index (χ0n) is 15.8. The van der Waals surface area contributed by atoms with Crippen molar-refractivity contribution in [1.29, 1.82) is 0 Å². The number of esters is 1. The van der Waals surface area contributed by atoms with E-state index < -0.39 is 5.97 Å². The van der Waals surface area contributed by atoms with Gasteiger partial charge in [-0.05, 0) is 36.8 Å². The maximum absolute atomic E-state index is 12.3. The van der Waals surface area contributed by atoms with Crippen molar-refractivity contribution in [2.45, 2.75) is 26.3 Å². The minimum Gasteiger partial charge on any atom is -0.465 e. The number of anilines is 1. The fraction of sp³-hybridized carbons (Fsp3) is 0.286. The van der Waals surface area contributed by atoms with Crippen LogP contribution in [-0.2, 0) is 14.3 Å². The Bertz CT molecular complexity index is 788. The lowest BCUT2D eigenvalue weighted by atomic mass is 10.1. The third kappa shape index (κ3) is 5.67. The lowest BCUT2D eigenvalue weighted by molar-refractivity contribution is -0.121. The number of nitrogens with zero attached hydrogens (tertiary/aromatic N) is 1. The molecule has 6 heteroatoms. The molecule has 2 rings (SSSR count). The molecular weight excluding hydrogens is 344 g/mol. The molecule has 6 nitrogen and oxygen atoms in total. The monoisotopic (exact) mass is 368 g/mol. The average Bonchev–Trinajstić information content (AvgIpc) is 2.68. The summed E-state index contributed by atoms with van der Waals surface area (Å²) in [7, 11) is 1.31. The van der Waals surface area contributed by atoms with Crippen molar-refractivity contribution < 1.29 is 19.1 Å². The van der Waals surface area contributed by atoms with Crippen LogP contribution in [0, 0.1) is 0 Å². The molecule has 1 atom stereocenters. The number of rotatable bonds is 7. The van der Waals surface area contributed by atoms with Gasteiger partial charge in [0.2, 0.25) is 11.8 Å². The summed E-state index contributed by atoms with van der Waals surface area (Å²) in [4.78, 5) is 37.3. The molecule has 0 heterocycles. The van der Waals surface area contributed by atoms with E-state index in [-0.39, 0.29) is 30.8 Å². The van der Waals surface area contributed by atoms with Crippen LogP contribution < -0.4 is 10.2 Å². The number of hydrogen-bond acceptors (Lipinski definition) is 4. The van der Waals surface area contributed by atoms with Gasteiger partial charge in [0.05, 0.1) is 18.7 Å². The van der Waals surface area contributed by atoms with Crippen LogP contribution in [0.2, 0.25) is 0 Å². The first kappa shape index (κ1) is 20.2. The highest BCUT2D eigenvalue weighted by molar-refractivity contribution is 5.94.